The Labute approximate surface area is 169 Å². The molecule has 150 valence electrons. The van der Waals surface area contributed by atoms with Gasteiger partial charge >= 0.3 is 0 Å². The highest BCUT2D eigenvalue weighted by atomic mass is 35.5. The van der Waals surface area contributed by atoms with Crippen molar-refractivity contribution in [2.24, 2.45) is 5.41 Å². The molecule has 1 N–H and O–H groups in total. The van der Waals surface area contributed by atoms with E-state index in [9.17, 15) is 5.11 Å². The van der Waals surface area contributed by atoms with Crippen LogP contribution in [0.1, 0.15) is 38.5 Å². The van der Waals surface area contributed by atoms with Gasteiger partial charge in [-0.25, -0.2) is 0 Å². The molecular weight excluding hydrogens is 358 g/mol. The number of likely N-dealkylation sites (tertiary alicyclic amines) is 1. The van der Waals surface area contributed by atoms with Crippen LogP contribution >= 0.6 is 11.6 Å². The fourth-order valence-corrected chi connectivity index (χ4v) is 5.65. The molecule has 1 aromatic rings. The van der Waals surface area contributed by atoms with Crippen molar-refractivity contribution >= 4 is 17.3 Å². The van der Waals surface area contributed by atoms with Crippen molar-refractivity contribution in [1.29, 1.82) is 0 Å². The summed E-state index contributed by atoms with van der Waals surface area (Å²) in [6.07, 6.45) is 7.14. The molecule has 27 heavy (non-hydrogen) atoms. The number of benzene rings is 1. The minimum atomic E-state index is -0.0557. The van der Waals surface area contributed by atoms with Crippen LogP contribution in [0.4, 0.5) is 5.69 Å². The lowest BCUT2D eigenvalue weighted by molar-refractivity contribution is -0.0103. The van der Waals surface area contributed by atoms with E-state index in [1.807, 2.05) is 12.1 Å². The molecule has 0 aromatic heterocycles. The Bertz CT molecular complexity index is 619. The van der Waals surface area contributed by atoms with Crippen molar-refractivity contribution in [2.45, 2.75) is 44.6 Å². The summed E-state index contributed by atoms with van der Waals surface area (Å²) in [5, 5.41) is 11.3. The summed E-state index contributed by atoms with van der Waals surface area (Å²) in [5.74, 6) is 0. The summed E-state index contributed by atoms with van der Waals surface area (Å²) in [6, 6.07) is 8.21. The Kier molecular flexibility index (Phi) is 6.28. The van der Waals surface area contributed by atoms with E-state index in [-0.39, 0.29) is 11.5 Å². The van der Waals surface area contributed by atoms with Gasteiger partial charge in [0.15, 0.2) is 0 Å². The molecule has 0 bridgehead atoms. The smallest absolute Gasteiger partial charge is 0.0608 e. The molecular formula is C22H34ClN3O. The predicted octanol–water partition coefficient (Wildman–Crippen LogP) is 3.48. The highest BCUT2D eigenvalue weighted by molar-refractivity contribution is 6.30. The zero-order valence-corrected chi connectivity index (χ0v) is 17.2. The summed E-state index contributed by atoms with van der Waals surface area (Å²) in [5.41, 5.74) is 1.47. The van der Waals surface area contributed by atoms with Crippen molar-refractivity contribution in [3.8, 4) is 0 Å². The Morgan fingerprint density at radius 1 is 1.00 bits per heavy atom. The maximum absolute atomic E-state index is 10.4. The SMILES string of the molecule is O[C@@H]1CCC[C@@]12CCCN(CCCN1CCN(c3cccc(Cl)c3)CC1)C2. The second-order valence-corrected chi connectivity index (χ2v) is 9.25. The third kappa shape index (κ3) is 4.61. The second-order valence-electron chi connectivity index (χ2n) is 8.81. The molecule has 2 heterocycles. The lowest BCUT2D eigenvalue weighted by Crippen LogP contribution is -2.49. The van der Waals surface area contributed by atoms with Crippen molar-refractivity contribution in [2.75, 3.05) is 57.3 Å². The Balaban J connectivity index is 1.18. The normalized spacial score (nSPS) is 30.3. The van der Waals surface area contributed by atoms with Crippen LogP contribution in [0.2, 0.25) is 5.02 Å². The van der Waals surface area contributed by atoms with Gasteiger partial charge in [-0.05, 0) is 69.9 Å². The van der Waals surface area contributed by atoms with E-state index in [1.165, 1.54) is 57.4 Å². The van der Waals surface area contributed by atoms with Gasteiger partial charge in [-0.15, -0.1) is 0 Å². The first-order valence-electron chi connectivity index (χ1n) is 10.8. The first kappa shape index (κ1) is 19.5. The van der Waals surface area contributed by atoms with Crippen LogP contribution in [0, 0.1) is 5.41 Å². The standard InChI is InChI=1S/C22H34ClN3O/c23-19-5-1-6-20(17-19)26-15-13-24(14-16-26)11-4-12-25-10-3-9-22(18-25)8-2-7-21(22)27/h1,5-6,17,21,27H,2-4,7-16,18H2/t21-,22+/m1/s1. The van der Waals surface area contributed by atoms with Gasteiger partial charge in [0.2, 0.25) is 0 Å². The lowest BCUT2D eigenvalue weighted by Gasteiger charge is -2.43. The van der Waals surface area contributed by atoms with Gasteiger partial charge in [0, 0.05) is 48.8 Å². The van der Waals surface area contributed by atoms with E-state index >= 15 is 0 Å². The van der Waals surface area contributed by atoms with Gasteiger partial charge in [0.25, 0.3) is 0 Å². The van der Waals surface area contributed by atoms with Gasteiger partial charge in [0.05, 0.1) is 6.10 Å². The van der Waals surface area contributed by atoms with Crippen LogP contribution in [0.25, 0.3) is 0 Å². The average molecular weight is 392 g/mol. The van der Waals surface area contributed by atoms with Crippen molar-refractivity contribution in [3.05, 3.63) is 29.3 Å². The summed E-state index contributed by atoms with van der Waals surface area (Å²) in [7, 11) is 0. The number of piperazine rings is 1. The number of hydrogen-bond acceptors (Lipinski definition) is 4. The minimum Gasteiger partial charge on any atom is -0.393 e. The molecule has 1 aliphatic carbocycles. The lowest BCUT2D eigenvalue weighted by atomic mass is 9.76. The summed E-state index contributed by atoms with van der Waals surface area (Å²) >= 11 is 6.13. The Morgan fingerprint density at radius 3 is 2.52 bits per heavy atom. The Morgan fingerprint density at radius 2 is 1.78 bits per heavy atom. The molecule has 4 nitrogen and oxygen atoms in total. The maximum Gasteiger partial charge on any atom is 0.0608 e. The van der Waals surface area contributed by atoms with E-state index in [0.717, 1.165) is 44.2 Å². The molecule has 2 saturated heterocycles. The fraction of sp³-hybridized carbons (Fsp3) is 0.727. The van der Waals surface area contributed by atoms with E-state index in [2.05, 4.69) is 26.8 Å². The number of hydrogen-bond donors (Lipinski definition) is 1. The van der Waals surface area contributed by atoms with E-state index in [4.69, 9.17) is 11.6 Å². The number of halogens is 1. The number of piperidine rings is 1. The number of anilines is 1. The molecule has 1 spiro atoms. The number of aliphatic hydroxyl groups is 1. The van der Waals surface area contributed by atoms with Crippen LogP contribution < -0.4 is 4.90 Å². The van der Waals surface area contributed by atoms with Gasteiger partial charge < -0.3 is 14.9 Å². The molecule has 4 rings (SSSR count). The monoisotopic (exact) mass is 391 g/mol. The highest BCUT2D eigenvalue weighted by Crippen LogP contribution is 2.44. The predicted molar refractivity (Wildman–Crippen MR) is 113 cm³/mol. The number of nitrogens with zero attached hydrogens (tertiary/aromatic N) is 3. The molecule has 1 aromatic carbocycles. The zero-order chi connectivity index (χ0) is 18.7. The first-order chi connectivity index (χ1) is 13.1. The number of rotatable bonds is 5. The summed E-state index contributed by atoms with van der Waals surface area (Å²) in [6.45, 7) is 9.15. The van der Waals surface area contributed by atoms with Gasteiger partial charge in [-0.1, -0.05) is 24.1 Å². The van der Waals surface area contributed by atoms with Gasteiger partial charge in [-0.3, -0.25) is 4.90 Å². The zero-order valence-electron chi connectivity index (χ0n) is 16.5. The maximum atomic E-state index is 10.4. The fourth-order valence-electron chi connectivity index (χ4n) is 5.47. The molecule has 2 aliphatic heterocycles. The van der Waals surface area contributed by atoms with Gasteiger partial charge in [0.1, 0.15) is 0 Å². The average Bonchev–Trinajstić information content (AvgIpc) is 3.02. The first-order valence-corrected chi connectivity index (χ1v) is 11.2. The largest absolute Gasteiger partial charge is 0.393 e. The third-order valence-electron chi connectivity index (χ3n) is 7.04. The molecule has 0 amide bonds. The van der Waals surface area contributed by atoms with Crippen LogP contribution in [-0.2, 0) is 0 Å². The van der Waals surface area contributed by atoms with Crippen molar-refractivity contribution in [3.63, 3.8) is 0 Å². The topological polar surface area (TPSA) is 30.0 Å². The minimum absolute atomic E-state index is 0.0557. The highest BCUT2D eigenvalue weighted by Gasteiger charge is 2.44. The molecule has 0 radical (unpaired) electrons. The van der Waals surface area contributed by atoms with Gasteiger partial charge in [-0.2, -0.15) is 0 Å². The Hall–Kier alpha value is -0.810. The molecule has 0 unspecified atom stereocenters. The van der Waals surface area contributed by atoms with Crippen LogP contribution in [0.5, 0.6) is 0 Å². The second kappa shape index (κ2) is 8.69. The van der Waals surface area contributed by atoms with Crippen molar-refractivity contribution < 1.29 is 5.11 Å². The molecule has 3 aliphatic rings. The molecule has 5 heteroatoms. The van der Waals surface area contributed by atoms with E-state index < -0.39 is 0 Å². The molecule has 2 atom stereocenters. The molecule has 3 fully saturated rings. The van der Waals surface area contributed by atoms with Crippen molar-refractivity contribution in [1.82, 2.24) is 9.80 Å². The van der Waals surface area contributed by atoms with Crippen LogP contribution in [0.15, 0.2) is 24.3 Å². The molecule has 1 saturated carbocycles. The summed E-state index contributed by atoms with van der Waals surface area (Å²) < 4.78 is 0. The van der Waals surface area contributed by atoms with Crippen LogP contribution in [0.3, 0.4) is 0 Å². The summed E-state index contributed by atoms with van der Waals surface area (Å²) in [4.78, 5) is 7.67. The number of aliphatic hydroxyl groups excluding tert-OH is 1. The third-order valence-corrected chi connectivity index (χ3v) is 7.28. The quantitative estimate of drug-likeness (QED) is 0.832. The van der Waals surface area contributed by atoms with Crippen LogP contribution in [-0.4, -0.2) is 73.4 Å². The van der Waals surface area contributed by atoms with E-state index in [1.54, 1.807) is 0 Å². The van der Waals surface area contributed by atoms with E-state index in [0.29, 0.717) is 0 Å².